The number of amides is 1. The molecule has 0 bridgehead atoms. The van der Waals surface area contributed by atoms with Crippen molar-refractivity contribution in [1.82, 2.24) is 4.98 Å². The number of rotatable bonds is 10. The maximum Gasteiger partial charge on any atom is 0.255 e. The van der Waals surface area contributed by atoms with Crippen molar-refractivity contribution in [3.63, 3.8) is 0 Å². The predicted molar refractivity (Wildman–Crippen MR) is 124 cm³/mol. The number of ether oxygens (including phenoxy) is 2. The molecule has 0 unspecified atom stereocenters. The summed E-state index contributed by atoms with van der Waals surface area (Å²) in [5, 5.41) is 2.95. The first-order valence-electron chi connectivity index (χ1n) is 10.6. The van der Waals surface area contributed by atoms with E-state index in [1.165, 1.54) is 0 Å². The van der Waals surface area contributed by atoms with Gasteiger partial charge in [0.15, 0.2) is 11.5 Å². The van der Waals surface area contributed by atoms with Crippen LogP contribution in [0.5, 0.6) is 11.5 Å². The molecule has 0 atom stereocenters. The van der Waals surface area contributed by atoms with Crippen molar-refractivity contribution in [1.29, 1.82) is 0 Å². The molecule has 0 saturated heterocycles. The van der Waals surface area contributed by atoms with Crippen LogP contribution in [0.2, 0.25) is 0 Å². The molecule has 0 fully saturated rings. The van der Waals surface area contributed by atoms with Crippen LogP contribution >= 0.6 is 0 Å². The van der Waals surface area contributed by atoms with E-state index in [1.54, 1.807) is 30.6 Å². The van der Waals surface area contributed by atoms with E-state index >= 15 is 0 Å². The smallest absolute Gasteiger partial charge is 0.255 e. The predicted octanol–water partition coefficient (Wildman–Crippen LogP) is 5.16. The lowest BCUT2D eigenvalue weighted by molar-refractivity contribution is 0.102. The summed E-state index contributed by atoms with van der Waals surface area (Å²) < 4.78 is 11.6. The molecule has 0 aliphatic rings. The number of hydrogen-bond donors (Lipinski definition) is 1. The Bertz CT molecular complexity index is 971. The van der Waals surface area contributed by atoms with Crippen LogP contribution in [0.25, 0.3) is 0 Å². The van der Waals surface area contributed by atoms with Gasteiger partial charge in [0.25, 0.3) is 5.91 Å². The second-order valence-corrected chi connectivity index (χ2v) is 6.91. The second-order valence-electron chi connectivity index (χ2n) is 6.91. The maximum atomic E-state index is 12.8. The summed E-state index contributed by atoms with van der Waals surface area (Å²) in [6.45, 7) is 8.91. The van der Waals surface area contributed by atoms with Gasteiger partial charge in [-0.1, -0.05) is 0 Å². The average Bonchev–Trinajstić information content (AvgIpc) is 2.81. The highest BCUT2D eigenvalue weighted by Crippen LogP contribution is 2.30. The first-order valence-corrected chi connectivity index (χ1v) is 10.6. The van der Waals surface area contributed by atoms with E-state index in [4.69, 9.17) is 9.47 Å². The Morgan fingerprint density at radius 1 is 0.903 bits per heavy atom. The summed E-state index contributed by atoms with van der Waals surface area (Å²) in [6.07, 6.45) is 3.45. The van der Waals surface area contributed by atoms with E-state index < -0.39 is 0 Å². The summed E-state index contributed by atoms with van der Waals surface area (Å²) >= 11 is 0. The molecule has 3 aromatic rings. The van der Waals surface area contributed by atoms with Crippen LogP contribution in [0.4, 0.5) is 11.4 Å². The lowest BCUT2D eigenvalue weighted by Gasteiger charge is -2.21. The fourth-order valence-corrected chi connectivity index (χ4v) is 3.22. The highest BCUT2D eigenvalue weighted by Gasteiger charge is 2.13. The summed E-state index contributed by atoms with van der Waals surface area (Å²) in [7, 11) is 0. The number of carbonyl (C=O) groups is 1. The number of anilines is 2. The SMILES string of the molecule is CCOc1cc(C(=O)Nc2ccc(N(CC)CC)cc2)ccc1OCc1ccncc1. The molecule has 0 saturated carbocycles. The van der Waals surface area contributed by atoms with E-state index in [0.29, 0.717) is 30.3 Å². The lowest BCUT2D eigenvalue weighted by Crippen LogP contribution is -2.21. The number of aromatic nitrogens is 1. The Balaban J connectivity index is 1.69. The van der Waals surface area contributed by atoms with Gasteiger partial charge in [0.2, 0.25) is 0 Å². The van der Waals surface area contributed by atoms with E-state index in [1.807, 2.05) is 43.3 Å². The minimum atomic E-state index is -0.197. The summed E-state index contributed by atoms with van der Waals surface area (Å²) in [5.74, 6) is 0.942. The fraction of sp³-hybridized carbons (Fsp3) is 0.280. The molecule has 0 radical (unpaired) electrons. The first-order chi connectivity index (χ1) is 15.1. The molecule has 2 aromatic carbocycles. The quantitative estimate of drug-likeness (QED) is 0.492. The highest BCUT2D eigenvalue weighted by atomic mass is 16.5. The Morgan fingerprint density at radius 3 is 2.26 bits per heavy atom. The van der Waals surface area contributed by atoms with Gasteiger partial charge in [-0.25, -0.2) is 0 Å². The Hall–Kier alpha value is -3.54. The molecule has 1 heterocycles. The molecular formula is C25H29N3O3. The highest BCUT2D eigenvalue weighted by molar-refractivity contribution is 6.04. The van der Waals surface area contributed by atoms with E-state index in [2.05, 4.69) is 29.0 Å². The van der Waals surface area contributed by atoms with Crippen molar-refractivity contribution < 1.29 is 14.3 Å². The number of nitrogens with one attached hydrogen (secondary N) is 1. The van der Waals surface area contributed by atoms with E-state index in [-0.39, 0.29) is 5.91 Å². The van der Waals surface area contributed by atoms with Crippen molar-refractivity contribution in [3.05, 3.63) is 78.1 Å². The normalized spacial score (nSPS) is 10.4. The number of carbonyl (C=O) groups excluding carboxylic acids is 1. The molecule has 0 aliphatic carbocycles. The third kappa shape index (κ3) is 5.98. The molecule has 1 amide bonds. The van der Waals surface area contributed by atoms with Crippen molar-refractivity contribution >= 4 is 17.3 Å². The van der Waals surface area contributed by atoms with Crippen LogP contribution in [0, 0.1) is 0 Å². The fourth-order valence-electron chi connectivity index (χ4n) is 3.22. The topological polar surface area (TPSA) is 63.7 Å². The molecular weight excluding hydrogens is 390 g/mol. The molecule has 162 valence electrons. The zero-order chi connectivity index (χ0) is 22.1. The zero-order valence-electron chi connectivity index (χ0n) is 18.3. The molecule has 3 rings (SSSR count). The van der Waals surface area contributed by atoms with E-state index in [0.717, 1.165) is 30.0 Å². The maximum absolute atomic E-state index is 12.8. The average molecular weight is 420 g/mol. The number of benzene rings is 2. The Labute approximate surface area is 183 Å². The van der Waals surface area contributed by atoms with Gasteiger partial charge in [-0.15, -0.1) is 0 Å². The van der Waals surface area contributed by atoms with Crippen LogP contribution in [0.3, 0.4) is 0 Å². The third-order valence-electron chi connectivity index (χ3n) is 4.90. The molecule has 1 aromatic heterocycles. The van der Waals surface area contributed by atoms with Gasteiger partial charge in [0.05, 0.1) is 6.61 Å². The third-order valence-corrected chi connectivity index (χ3v) is 4.90. The lowest BCUT2D eigenvalue weighted by atomic mass is 10.1. The van der Waals surface area contributed by atoms with Gasteiger partial charge in [0.1, 0.15) is 6.61 Å². The zero-order valence-corrected chi connectivity index (χ0v) is 18.3. The van der Waals surface area contributed by atoms with Crippen LogP contribution in [0.1, 0.15) is 36.7 Å². The van der Waals surface area contributed by atoms with E-state index in [9.17, 15) is 4.79 Å². The van der Waals surface area contributed by atoms with Gasteiger partial charge >= 0.3 is 0 Å². The van der Waals surface area contributed by atoms with Gasteiger partial charge in [-0.2, -0.15) is 0 Å². The van der Waals surface area contributed by atoms with Crippen LogP contribution in [0.15, 0.2) is 67.0 Å². The van der Waals surface area contributed by atoms with Gasteiger partial charge in [-0.05, 0) is 80.9 Å². The van der Waals surface area contributed by atoms with Crippen molar-refractivity contribution in [2.45, 2.75) is 27.4 Å². The molecule has 6 heteroatoms. The minimum Gasteiger partial charge on any atom is -0.490 e. The van der Waals surface area contributed by atoms with Crippen LogP contribution in [-0.2, 0) is 6.61 Å². The van der Waals surface area contributed by atoms with Crippen LogP contribution < -0.4 is 19.7 Å². The standard InChI is InChI=1S/C25H29N3O3/c1-4-28(5-2)22-10-8-21(9-11-22)27-25(29)20-7-12-23(24(17-20)30-6-3)31-18-19-13-15-26-16-14-19/h7-17H,4-6,18H2,1-3H3,(H,27,29). The molecule has 6 nitrogen and oxygen atoms in total. The minimum absolute atomic E-state index is 0.197. The molecule has 0 spiro atoms. The number of nitrogens with zero attached hydrogens (tertiary/aromatic N) is 2. The summed E-state index contributed by atoms with van der Waals surface area (Å²) in [4.78, 5) is 19.0. The molecule has 1 N–H and O–H groups in total. The first kappa shape index (κ1) is 22.2. The molecule has 0 aliphatic heterocycles. The van der Waals surface area contributed by atoms with Crippen molar-refractivity contribution in [2.24, 2.45) is 0 Å². The largest absolute Gasteiger partial charge is 0.490 e. The van der Waals surface area contributed by atoms with Crippen molar-refractivity contribution in [3.8, 4) is 11.5 Å². The monoisotopic (exact) mass is 419 g/mol. The van der Waals surface area contributed by atoms with Gasteiger partial charge in [0, 0.05) is 42.4 Å². The second kappa shape index (κ2) is 11.0. The van der Waals surface area contributed by atoms with Gasteiger partial charge in [-0.3, -0.25) is 9.78 Å². The Kier molecular flexibility index (Phi) is 7.87. The summed E-state index contributed by atoms with van der Waals surface area (Å²) in [6, 6.07) is 16.9. The number of hydrogen-bond acceptors (Lipinski definition) is 5. The number of pyridine rings is 1. The van der Waals surface area contributed by atoms with Gasteiger partial charge < -0.3 is 19.7 Å². The summed E-state index contributed by atoms with van der Waals surface area (Å²) in [5.41, 5.74) is 3.40. The van der Waals surface area contributed by atoms with Crippen LogP contribution in [-0.4, -0.2) is 30.6 Å². The van der Waals surface area contributed by atoms with Crippen molar-refractivity contribution in [2.75, 3.05) is 29.9 Å². The molecule has 31 heavy (non-hydrogen) atoms. The Morgan fingerprint density at radius 2 is 1.61 bits per heavy atom.